The first-order valence-corrected chi connectivity index (χ1v) is 12.2. The molecule has 2 heterocycles. The highest BCUT2D eigenvalue weighted by atomic mass is 32.2. The van der Waals surface area contributed by atoms with Gasteiger partial charge in [-0.15, -0.1) is 0 Å². The van der Waals surface area contributed by atoms with E-state index in [1.165, 1.54) is 13.0 Å². The molecule has 4 rings (SSSR count). The lowest BCUT2D eigenvalue weighted by Crippen LogP contribution is -2.57. The second-order valence-electron chi connectivity index (χ2n) is 8.67. The number of rotatable bonds is 6. The summed E-state index contributed by atoms with van der Waals surface area (Å²) in [7, 11) is 0. The van der Waals surface area contributed by atoms with E-state index in [9.17, 15) is 23.2 Å². The van der Waals surface area contributed by atoms with Crippen molar-refractivity contribution < 1.29 is 32.3 Å². The first kappa shape index (κ1) is 25.9. The van der Waals surface area contributed by atoms with Crippen LogP contribution < -0.4 is 10.6 Å². The molecule has 2 amide bonds. The fourth-order valence-electron chi connectivity index (χ4n) is 4.50. The first-order chi connectivity index (χ1) is 17.3. The van der Waals surface area contributed by atoms with Gasteiger partial charge in [-0.05, 0) is 31.5 Å². The van der Waals surface area contributed by atoms with Crippen LogP contribution in [0.4, 0.5) is 13.2 Å². The second kappa shape index (κ2) is 10.8. The summed E-state index contributed by atoms with van der Waals surface area (Å²) in [5, 5.41) is 4.41. The van der Waals surface area contributed by atoms with Crippen molar-refractivity contribution in [3.8, 4) is 0 Å². The lowest BCUT2D eigenvalue weighted by molar-refractivity contribution is -0.144. The van der Waals surface area contributed by atoms with Crippen molar-refractivity contribution in [3.63, 3.8) is 0 Å². The van der Waals surface area contributed by atoms with Crippen LogP contribution in [0.2, 0.25) is 0 Å². The zero-order valence-corrected chi connectivity index (χ0v) is 20.1. The molecule has 2 N–H and O–H groups in total. The van der Waals surface area contributed by atoms with Gasteiger partial charge in [-0.1, -0.05) is 36.0 Å². The number of thioether (sulfide) groups is 1. The highest BCUT2D eigenvalue weighted by molar-refractivity contribution is 8.14. The Balaban J connectivity index is 1.73. The quantitative estimate of drug-likeness (QED) is 0.572. The van der Waals surface area contributed by atoms with Crippen LogP contribution in [0.15, 0.2) is 53.5 Å². The SMILES string of the molecule is CC(C=O)NC(=O)[C@H]1C[C@H]2[C@@H](CF)SC(NC(=O)c3ccccc3)=N[C@@]2(c2ccc(F)cc2F)CO1. The lowest BCUT2D eigenvalue weighted by atomic mass is 9.72. The second-order valence-corrected chi connectivity index (χ2v) is 9.90. The van der Waals surface area contributed by atoms with Crippen LogP contribution in [-0.2, 0) is 19.9 Å². The van der Waals surface area contributed by atoms with Gasteiger partial charge in [0, 0.05) is 28.4 Å². The van der Waals surface area contributed by atoms with E-state index >= 15 is 4.39 Å². The molecule has 0 bridgehead atoms. The van der Waals surface area contributed by atoms with E-state index in [4.69, 9.17) is 4.74 Å². The Morgan fingerprint density at radius 3 is 2.67 bits per heavy atom. The number of amides is 2. The summed E-state index contributed by atoms with van der Waals surface area (Å²) in [5.74, 6) is -3.47. The number of carbonyl (C=O) groups excluding carboxylic acids is 3. The van der Waals surface area contributed by atoms with Crippen molar-refractivity contribution in [1.82, 2.24) is 10.6 Å². The van der Waals surface area contributed by atoms with Crippen LogP contribution in [0.3, 0.4) is 0 Å². The average Bonchev–Trinajstić information content (AvgIpc) is 2.88. The summed E-state index contributed by atoms with van der Waals surface area (Å²) in [4.78, 5) is 41.0. The highest BCUT2D eigenvalue weighted by Crippen LogP contribution is 2.50. The number of halogens is 3. The number of hydrogen-bond donors (Lipinski definition) is 2. The third kappa shape index (κ3) is 5.17. The van der Waals surface area contributed by atoms with Gasteiger partial charge in [-0.2, -0.15) is 0 Å². The van der Waals surface area contributed by atoms with E-state index in [1.54, 1.807) is 30.3 Å². The minimum Gasteiger partial charge on any atom is -0.365 e. The Morgan fingerprint density at radius 2 is 2.00 bits per heavy atom. The normalized spacial score (nSPS) is 26.2. The Bertz CT molecular complexity index is 1180. The van der Waals surface area contributed by atoms with Crippen molar-refractivity contribution in [2.75, 3.05) is 13.3 Å². The molecular formula is C25H24F3N3O4S. The molecule has 1 fully saturated rings. The van der Waals surface area contributed by atoms with E-state index in [0.717, 1.165) is 17.8 Å². The molecular weight excluding hydrogens is 495 g/mol. The zero-order chi connectivity index (χ0) is 25.9. The van der Waals surface area contributed by atoms with E-state index in [1.807, 2.05) is 0 Å². The Kier molecular flexibility index (Phi) is 7.79. The molecule has 2 aliphatic heterocycles. The van der Waals surface area contributed by atoms with Gasteiger partial charge < -0.3 is 20.2 Å². The first-order valence-electron chi connectivity index (χ1n) is 11.3. The lowest BCUT2D eigenvalue weighted by Gasteiger charge is -2.49. The Labute approximate surface area is 209 Å². The van der Waals surface area contributed by atoms with Crippen molar-refractivity contribution in [1.29, 1.82) is 0 Å². The van der Waals surface area contributed by atoms with Gasteiger partial charge in [-0.25, -0.2) is 18.2 Å². The molecule has 7 nitrogen and oxygen atoms in total. The number of ether oxygens (including phenoxy) is 1. The summed E-state index contributed by atoms with van der Waals surface area (Å²) < 4.78 is 49.0. The third-order valence-corrected chi connectivity index (χ3v) is 7.45. The van der Waals surface area contributed by atoms with Crippen LogP contribution in [-0.4, -0.2) is 53.9 Å². The topological polar surface area (TPSA) is 96.9 Å². The molecule has 190 valence electrons. The third-order valence-electron chi connectivity index (χ3n) is 6.27. The number of hydrogen-bond acceptors (Lipinski definition) is 6. The van der Waals surface area contributed by atoms with Gasteiger partial charge in [0.1, 0.15) is 36.2 Å². The molecule has 2 aromatic rings. The largest absolute Gasteiger partial charge is 0.365 e. The fraction of sp³-hybridized carbons (Fsp3) is 0.360. The van der Waals surface area contributed by atoms with Gasteiger partial charge in [0.25, 0.3) is 5.91 Å². The number of benzene rings is 2. The van der Waals surface area contributed by atoms with Crippen molar-refractivity contribution in [3.05, 3.63) is 71.3 Å². The number of carbonyl (C=O) groups is 3. The van der Waals surface area contributed by atoms with Gasteiger partial charge in [0.05, 0.1) is 12.6 Å². The summed E-state index contributed by atoms with van der Waals surface area (Å²) in [6.45, 7) is 0.313. The van der Waals surface area contributed by atoms with E-state index < -0.39 is 59.0 Å². The van der Waals surface area contributed by atoms with Gasteiger partial charge in [-0.3, -0.25) is 9.59 Å². The van der Waals surface area contributed by atoms with Crippen molar-refractivity contribution in [2.45, 2.75) is 36.3 Å². The summed E-state index contributed by atoms with van der Waals surface area (Å²) in [6, 6.07) is 10.6. The van der Waals surface area contributed by atoms with Gasteiger partial charge >= 0.3 is 0 Å². The maximum atomic E-state index is 15.1. The van der Waals surface area contributed by atoms with E-state index in [0.29, 0.717) is 17.9 Å². The van der Waals surface area contributed by atoms with Crippen molar-refractivity contribution in [2.24, 2.45) is 10.9 Å². The standard InChI is InChI=1S/C25H24F3N3O4S/c1-14(12-32)29-23(34)20-10-18-21(11-26)36-24(30-22(33)15-5-3-2-4-6-15)31-25(18,13-35-20)17-8-7-16(27)9-19(17)28/h2-9,12,14,18,20-21H,10-11,13H2,1H3,(H,29,34)(H,30,31,33)/t14?,18-,20+,21+,25+/m0/s1. The van der Waals surface area contributed by atoms with E-state index in [-0.39, 0.29) is 23.8 Å². The molecule has 11 heteroatoms. The van der Waals surface area contributed by atoms with E-state index in [2.05, 4.69) is 15.6 Å². The molecule has 1 unspecified atom stereocenters. The van der Waals surface area contributed by atoms with Crippen LogP contribution in [0.5, 0.6) is 0 Å². The maximum Gasteiger partial charge on any atom is 0.257 e. The van der Waals surface area contributed by atoms with Crippen LogP contribution in [0, 0.1) is 17.6 Å². The van der Waals surface area contributed by atoms with Crippen LogP contribution >= 0.6 is 11.8 Å². The number of nitrogens with zero attached hydrogens (tertiary/aromatic N) is 1. The van der Waals surface area contributed by atoms with Gasteiger partial charge in [0.15, 0.2) is 5.17 Å². The number of fused-ring (bicyclic) bond motifs is 1. The molecule has 0 spiro atoms. The zero-order valence-electron chi connectivity index (χ0n) is 19.2. The summed E-state index contributed by atoms with van der Waals surface area (Å²) in [6.07, 6.45) is -0.496. The maximum absolute atomic E-state index is 15.1. The molecule has 0 aromatic heterocycles. The number of aliphatic imine (C=N–C) groups is 1. The molecule has 2 aliphatic rings. The minimum absolute atomic E-state index is 0.0285. The predicted molar refractivity (Wildman–Crippen MR) is 128 cm³/mol. The predicted octanol–water partition coefficient (Wildman–Crippen LogP) is 3.14. The van der Waals surface area contributed by atoms with Crippen LogP contribution in [0.1, 0.15) is 29.3 Å². The summed E-state index contributed by atoms with van der Waals surface area (Å²) >= 11 is 0.978. The smallest absolute Gasteiger partial charge is 0.257 e. The number of nitrogens with one attached hydrogen (secondary N) is 2. The monoisotopic (exact) mass is 519 g/mol. The van der Waals surface area contributed by atoms with Crippen molar-refractivity contribution >= 4 is 35.0 Å². The molecule has 2 aromatic carbocycles. The van der Waals surface area contributed by atoms with Gasteiger partial charge in [0.2, 0.25) is 5.91 Å². The highest BCUT2D eigenvalue weighted by Gasteiger charge is 2.54. The van der Waals surface area contributed by atoms with Crippen LogP contribution in [0.25, 0.3) is 0 Å². The molecule has 5 atom stereocenters. The molecule has 36 heavy (non-hydrogen) atoms. The summed E-state index contributed by atoms with van der Waals surface area (Å²) in [5.41, 5.74) is -1.20. The Hall–Kier alpha value is -3.18. The molecule has 0 saturated carbocycles. The number of amidine groups is 1. The average molecular weight is 520 g/mol. The molecule has 0 aliphatic carbocycles. The number of alkyl halides is 1. The molecule has 1 saturated heterocycles. The molecule has 0 radical (unpaired) electrons. The minimum atomic E-state index is -1.52. The fourth-order valence-corrected chi connectivity index (χ4v) is 5.72. The Morgan fingerprint density at radius 1 is 1.25 bits per heavy atom. The number of aldehydes is 1.